The monoisotopic (exact) mass is 183 g/mol. The minimum absolute atomic E-state index is 0.394. The standard InChI is InChI=1S/C8H16F3N/c1-5-12(4)7(6(2)3)8(9,10)11/h6-7H,5H2,1-4H3/t7-/m1/s1. The summed E-state index contributed by atoms with van der Waals surface area (Å²) >= 11 is 0. The van der Waals surface area contributed by atoms with Gasteiger partial charge in [0.2, 0.25) is 0 Å². The van der Waals surface area contributed by atoms with E-state index in [1.165, 1.54) is 11.9 Å². The highest BCUT2D eigenvalue weighted by atomic mass is 19.4. The van der Waals surface area contributed by atoms with Gasteiger partial charge >= 0.3 is 6.18 Å². The first-order chi connectivity index (χ1) is 5.30. The van der Waals surface area contributed by atoms with Gasteiger partial charge in [-0.3, -0.25) is 4.90 Å². The van der Waals surface area contributed by atoms with Crippen LogP contribution in [0.3, 0.4) is 0 Å². The van der Waals surface area contributed by atoms with Gasteiger partial charge in [-0.2, -0.15) is 13.2 Å². The zero-order valence-electron chi connectivity index (χ0n) is 7.94. The maximum atomic E-state index is 12.4. The summed E-state index contributed by atoms with van der Waals surface area (Å²) in [5.74, 6) is -0.394. The quantitative estimate of drug-likeness (QED) is 0.649. The largest absolute Gasteiger partial charge is 0.404 e. The van der Waals surface area contributed by atoms with Gasteiger partial charge in [-0.15, -0.1) is 0 Å². The molecule has 0 fully saturated rings. The molecule has 0 aliphatic rings. The number of nitrogens with zero attached hydrogens (tertiary/aromatic N) is 1. The molecule has 0 aromatic heterocycles. The predicted octanol–water partition coefficient (Wildman–Crippen LogP) is 2.53. The average Bonchev–Trinajstić information content (AvgIpc) is 1.83. The van der Waals surface area contributed by atoms with Crippen LogP contribution in [0.4, 0.5) is 13.2 Å². The zero-order valence-corrected chi connectivity index (χ0v) is 7.94. The first-order valence-corrected chi connectivity index (χ1v) is 4.07. The molecule has 0 N–H and O–H groups in total. The van der Waals surface area contributed by atoms with Crippen LogP contribution in [-0.2, 0) is 0 Å². The summed E-state index contributed by atoms with van der Waals surface area (Å²) in [7, 11) is 1.50. The fourth-order valence-electron chi connectivity index (χ4n) is 1.33. The van der Waals surface area contributed by atoms with Crippen LogP contribution in [0.1, 0.15) is 20.8 Å². The molecule has 74 valence electrons. The SMILES string of the molecule is CCN(C)[C@H](C(C)C)C(F)(F)F. The number of hydrogen-bond acceptors (Lipinski definition) is 1. The number of halogens is 3. The van der Waals surface area contributed by atoms with Crippen molar-refractivity contribution in [3.05, 3.63) is 0 Å². The highest BCUT2D eigenvalue weighted by Gasteiger charge is 2.43. The van der Waals surface area contributed by atoms with Crippen molar-refractivity contribution in [1.29, 1.82) is 0 Å². The topological polar surface area (TPSA) is 3.24 Å². The third kappa shape index (κ3) is 3.01. The predicted molar refractivity (Wildman–Crippen MR) is 43.0 cm³/mol. The Morgan fingerprint density at radius 1 is 1.25 bits per heavy atom. The Balaban J connectivity index is 4.44. The van der Waals surface area contributed by atoms with E-state index >= 15 is 0 Å². The minimum Gasteiger partial charge on any atom is -0.295 e. The highest BCUT2D eigenvalue weighted by molar-refractivity contribution is 4.78. The molecule has 0 aliphatic carbocycles. The summed E-state index contributed by atoms with van der Waals surface area (Å²) in [5.41, 5.74) is 0. The van der Waals surface area contributed by atoms with Crippen LogP contribution in [0.2, 0.25) is 0 Å². The second kappa shape index (κ2) is 4.12. The summed E-state index contributed by atoms with van der Waals surface area (Å²) in [6.45, 7) is 5.32. The second-order valence-corrected chi connectivity index (χ2v) is 3.30. The van der Waals surface area contributed by atoms with Crippen LogP contribution in [0.5, 0.6) is 0 Å². The van der Waals surface area contributed by atoms with Gasteiger partial charge < -0.3 is 0 Å². The van der Waals surface area contributed by atoms with E-state index in [4.69, 9.17) is 0 Å². The summed E-state index contributed by atoms with van der Waals surface area (Å²) < 4.78 is 37.1. The zero-order chi connectivity index (χ0) is 9.94. The summed E-state index contributed by atoms with van der Waals surface area (Å²) in [6, 6.07) is -1.32. The third-order valence-electron chi connectivity index (χ3n) is 1.94. The van der Waals surface area contributed by atoms with Crippen molar-refractivity contribution in [2.75, 3.05) is 13.6 Å². The van der Waals surface area contributed by atoms with Crippen molar-refractivity contribution in [3.63, 3.8) is 0 Å². The second-order valence-electron chi connectivity index (χ2n) is 3.30. The van der Waals surface area contributed by atoms with Crippen LogP contribution in [0, 0.1) is 5.92 Å². The van der Waals surface area contributed by atoms with Crippen molar-refractivity contribution in [3.8, 4) is 0 Å². The van der Waals surface area contributed by atoms with Crippen molar-refractivity contribution in [2.45, 2.75) is 33.0 Å². The lowest BCUT2D eigenvalue weighted by Gasteiger charge is -2.31. The third-order valence-corrected chi connectivity index (χ3v) is 1.94. The molecule has 0 heterocycles. The lowest BCUT2D eigenvalue weighted by molar-refractivity contribution is -0.190. The van der Waals surface area contributed by atoms with Gasteiger partial charge in [-0.25, -0.2) is 0 Å². The van der Waals surface area contributed by atoms with E-state index in [2.05, 4.69) is 0 Å². The minimum atomic E-state index is -4.11. The van der Waals surface area contributed by atoms with Gasteiger partial charge in [0.15, 0.2) is 0 Å². The molecule has 0 rings (SSSR count). The Morgan fingerprint density at radius 2 is 1.67 bits per heavy atom. The molecule has 0 spiro atoms. The van der Waals surface area contributed by atoms with Gasteiger partial charge in [0, 0.05) is 0 Å². The van der Waals surface area contributed by atoms with E-state index in [1.807, 2.05) is 0 Å². The lowest BCUT2D eigenvalue weighted by atomic mass is 10.0. The van der Waals surface area contributed by atoms with Gasteiger partial charge in [0.1, 0.15) is 6.04 Å². The Kier molecular flexibility index (Phi) is 4.03. The molecule has 0 saturated heterocycles. The Bertz CT molecular complexity index is 131. The van der Waals surface area contributed by atoms with Crippen LogP contribution in [0.15, 0.2) is 0 Å². The van der Waals surface area contributed by atoms with E-state index in [9.17, 15) is 13.2 Å². The molecule has 1 nitrogen and oxygen atoms in total. The normalized spacial score (nSPS) is 15.8. The van der Waals surface area contributed by atoms with Gasteiger partial charge in [0.25, 0.3) is 0 Å². The lowest BCUT2D eigenvalue weighted by Crippen LogP contribution is -2.46. The maximum absolute atomic E-state index is 12.4. The van der Waals surface area contributed by atoms with Crippen molar-refractivity contribution >= 4 is 0 Å². The van der Waals surface area contributed by atoms with E-state index in [1.54, 1.807) is 20.8 Å². The molecule has 0 radical (unpaired) electrons. The summed E-state index contributed by atoms with van der Waals surface area (Å²) in [5, 5.41) is 0. The molecule has 0 unspecified atom stereocenters. The maximum Gasteiger partial charge on any atom is 0.404 e. The summed E-state index contributed by atoms with van der Waals surface area (Å²) in [4.78, 5) is 1.32. The van der Waals surface area contributed by atoms with Crippen LogP contribution >= 0.6 is 0 Å². The van der Waals surface area contributed by atoms with Crippen molar-refractivity contribution in [2.24, 2.45) is 5.92 Å². The molecule has 0 bridgehead atoms. The average molecular weight is 183 g/mol. The highest BCUT2D eigenvalue weighted by Crippen LogP contribution is 2.28. The first-order valence-electron chi connectivity index (χ1n) is 4.07. The van der Waals surface area contributed by atoms with Crippen molar-refractivity contribution < 1.29 is 13.2 Å². The molecule has 0 aromatic rings. The molecule has 0 saturated carbocycles. The first kappa shape index (κ1) is 11.8. The molecule has 1 atom stereocenters. The molecular formula is C8H16F3N. The summed E-state index contributed by atoms with van der Waals surface area (Å²) in [6.07, 6.45) is -4.11. The smallest absolute Gasteiger partial charge is 0.295 e. The van der Waals surface area contributed by atoms with E-state index in [0.29, 0.717) is 6.54 Å². The molecule has 0 amide bonds. The molecule has 0 aliphatic heterocycles. The molecular weight excluding hydrogens is 167 g/mol. The van der Waals surface area contributed by atoms with Gasteiger partial charge in [-0.1, -0.05) is 20.8 Å². The molecule has 0 aromatic carbocycles. The Hall–Kier alpha value is -0.250. The molecule has 12 heavy (non-hydrogen) atoms. The van der Waals surface area contributed by atoms with Crippen LogP contribution < -0.4 is 0 Å². The van der Waals surface area contributed by atoms with Crippen LogP contribution in [-0.4, -0.2) is 30.7 Å². The van der Waals surface area contributed by atoms with Crippen molar-refractivity contribution in [1.82, 2.24) is 4.90 Å². The number of alkyl halides is 3. The van der Waals surface area contributed by atoms with E-state index in [-0.39, 0.29) is 0 Å². The van der Waals surface area contributed by atoms with E-state index < -0.39 is 18.1 Å². The Labute approximate surface area is 71.6 Å². The molecule has 4 heteroatoms. The Morgan fingerprint density at radius 3 is 1.75 bits per heavy atom. The number of rotatable bonds is 3. The number of hydrogen-bond donors (Lipinski definition) is 0. The fraction of sp³-hybridized carbons (Fsp3) is 1.00. The van der Waals surface area contributed by atoms with Gasteiger partial charge in [-0.05, 0) is 19.5 Å². The van der Waals surface area contributed by atoms with Crippen LogP contribution in [0.25, 0.3) is 0 Å². The van der Waals surface area contributed by atoms with Gasteiger partial charge in [0.05, 0.1) is 0 Å². The van der Waals surface area contributed by atoms with E-state index in [0.717, 1.165) is 0 Å². The fourth-order valence-corrected chi connectivity index (χ4v) is 1.33.